The highest BCUT2D eigenvalue weighted by Crippen LogP contribution is 2.26. The van der Waals surface area contributed by atoms with Gasteiger partial charge in [-0.15, -0.1) is 23.1 Å². The number of anilines is 1. The minimum absolute atomic E-state index is 0.0839. The van der Waals surface area contributed by atoms with Crippen molar-refractivity contribution < 1.29 is 4.79 Å². The lowest BCUT2D eigenvalue weighted by molar-refractivity contribution is -0.115. The van der Waals surface area contributed by atoms with Gasteiger partial charge in [-0.2, -0.15) is 0 Å². The van der Waals surface area contributed by atoms with Crippen molar-refractivity contribution in [3.63, 3.8) is 0 Å². The molecule has 0 saturated heterocycles. The first-order valence-corrected chi connectivity index (χ1v) is 10.7. The van der Waals surface area contributed by atoms with Crippen LogP contribution in [0.5, 0.6) is 0 Å². The first-order chi connectivity index (χ1) is 12.3. The molecule has 26 heavy (non-hydrogen) atoms. The van der Waals surface area contributed by atoms with Crippen LogP contribution in [0.3, 0.4) is 0 Å². The second-order valence-corrected chi connectivity index (χ2v) is 9.38. The smallest absolute Gasteiger partial charge is 0.259 e. The Hall–Kier alpha value is -1.64. The molecule has 0 spiro atoms. The third-order valence-electron chi connectivity index (χ3n) is 4.02. The molecule has 0 fully saturated rings. The Morgan fingerprint density at radius 3 is 2.92 bits per heavy atom. The second kappa shape index (κ2) is 7.94. The lowest BCUT2D eigenvalue weighted by atomic mass is 10.2. The Balaban J connectivity index is 1.67. The molecule has 0 aliphatic heterocycles. The van der Waals surface area contributed by atoms with E-state index in [9.17, 15) is 9.59 Å². The molecule has 8 heteroatoms. The number of aromatic amines is 1. The number of amides is 1. The Morgan fingerprint density at radius 2 is 2.19 bits per heavy atom. The highest BCUT2D eigenvalue weighted by Gasteiger charge is 2.16. The number of carbonyl (C=O) groups is 1. The number of aryl methyl sites for hydroxylation is 2. The quantitative estimate of drug-likeness (QED) is 0.592. The number of hydrogen-bond acceptors (Lipinski definition) is 5. The molecule has 1 atom stereocenters. The van der Waals surface area contributed by atoms with Crippen molar-refractivity contribution in [2.45, 2.75) is 31.8 Å². The van der Waals surface area contributed by atoms with Gasteiger partial charge in [-0.3, -0.25) is 9.59 Å². The number of H-pyrrole nitrogens is 1. The maximum atomic E-state index is 12.3. The summed E-state index contributed by atoms with van der Waals surface area (Å²) in [5.41, 5.74) is 1.62. The molecule has 136 valence electrons. The Labute approximate surface area is 167 Å². The van der Waals surface area contributed by atoms with Crippen LogP contribution in [0.1, 0.15) is 23.2 Å². The molecule has 0 aliphatic carbocycles. The van der Waals surface area contributed by atoms with Crippen molar-refractivity contribution >= 4 is 60.8 Å². The van der Waals surface area contributed by atoms with E-state index in [0.717, 1.165) is 25.4 Å². The van der Waals surface area contributed by atoms with Crippen LogP contribution < -0.4 is 10.9 Å². The Bertz CT molecular complexity index is 1030. The Kier molecular flexibility index (Phi) is 5.84. The van der Waals surface area contributed by atoms with Gasteiger partial charge in [0.2, 0.25) is 5.91 Å². The first kappa shape index (κ1) is 19.1. The van der Waals surface area contributed by atoms with Crippen molar-refractivity contribution in [3.05, 3.63) is 55.4 Å². The van der Waals surface area contributed by atoms with Crippen LogP contribution in [0.25, 0.3) is 10.2 Å². The minimum Gasteiger partial charge on any atom is -0.325 e. The largest absolute Gasteiger partial charge is 0.325 e. The number of fused-ring (bicyclic) bond motifs is 1. The molecule has 0 saturated carbocycles. The topological polar surface area (TPSA) is 74.8 Å². The number of hydrogen-bond donors (Lipinski definition) is 2. The molecule has 3 aromatic rings. The van der Waals surface area contributed by atoms with Gasteiger partial charge in [0.25, 0.3) is 5.56 Å². The number of nitrogens with one attached hydrogen (secondary N) is 2. The lowest BCUT2D eigenvalue weighted by Gasteiger charge is -2.12. The maximum absolute atomic E-state index is 12.3. The van der Waals surface area contributed by atoms with Gasteiger partial charge in [0.05, 0.1) is 16.4 Å². The number of benzene rings is 1. The zero-order valence-corrected chi connectivity index (χ0v) is 17.8. The molecule has 2 N–H and O–H groups in total. The predicted octanol–water partition coefficient (Wildman–Crippen LogP) is 4.62. The van der Waals surface area contributed by atoms with E-state index >= 15 is 0 Å². The second-order valence-electron chi connectivity index (χ2n) is 5.93. The van der Waals surface area contributed by atoms with E-state index in [1.807, 2.05) is 45.0 Å². The number of thioether (sulfide) groups is 1. The molecule has 1 aromatic carbocycles. The summed E-state index contributed by atoms with van der Waals surface area (Å²) in [6.45, 7) is 5.77. The summed E-state index contributed by atoms with van der Waals surface area (Å²) in [6.07, 6.45) is 0. The van der Waals surface area contributed by atoms with Crippen LogP contribution in [0.4, 0.5) is 5.69 Å². The van der Waals surface area contributed by atoms with Crippen LogP contribution in [-0.4, -0.2) is 21.1 Å². The summed E-state index contributed by atoms with van der Waals surface area (Å²) >= 11 is 6.35. The van der Waals surface area contributed by atoms with Crippen LogP contribution in [-0.2, 0) is 10.5 Å². The number of carbonyl (C=O) groups excluding carboxylic acids is 1. The molecule has 1 unspecified atom stereocenters. The molecule has 3 rings (SSSR count). The van der Waals surface area contributed by atoms with Crippen LogP contribution in [0.2, 0.25) is 0 Å². The van der Waals surface area contributed by atoms with E-state index in [1.165, 1.54) is 23.1 Å². The summed E-state index contributed by atoms with van der Waals surface area (Å²) in [4.78, 5) is 33.9. The molecule has 5 nitrogen and oxygen atoms in total. The van der Waals surface area contributed by atoms with Crippen LogP contribution in [0, 0.1) is 13.8 Å². The number of thiophene rings is 1. The average Bonchev–Trinajstić information content (AvgIpc) is 2.87. The molecule has 2 heterocycles. The van der Waals surface area contributed by atoms with Gasteiger partial charge in [0, 0.05) is 15.0 Å². The molecule has 0 aliphatic rings. The number of halogens is 1. The molecular weight excluding hydrogens is 434 g/mol. The summed E-state index contributed by atoms with van der Waals surface area (Å²) in [5, 5.41) is 3.28. The van der Waals surface area contributed by atoms with Crippen molar-refractivity contribution in [2.75, 3.05) is 5.32 Å². The van der Waals surface area contributed by atoms with Gasteiger partial charge in [0.1, 0.15) is 10.7 Å². The Morgan fingerprint density at radius 1 is 1.42 bits per heavy atom. The summed E-state index contributed by atoms with van der Waals surface area (Å²) in [5.74, 6) is 0.976. The van der Waals surface area contributed by atoms with Gasteiger partial charge >= 0.3 is 0 Å². The van der Waals surface area contributed by atoms with E-state index in [1.54, 1.807) is 0 Å². The number of nitrogens with zero attached hydrogens (tertiary/aromatic N) is 1. The summed E-state index contributed by atoms with van der Waals surface area (Å²) < 4.78 is 0.909. The minimum atomic E-state index is -0.276. The van der Waals surface area contributed by atoms with Gasteiger partial charge in [0.15, 0.2) is 0 Å². The van der Waals surface area contributed by atoms with Gasteiger partial charge < -0.3 is 10.3 Å². The van der Waals surface area contributed by atoms with Gasteiger partial charge in [-0.25, -0.2) is 4.98 Å². The van der Waals surface area contributed by atoms with Gasteiger partial charge in [-0.05, 0) is 44.5 Å². The maximum Gasteiger partial charge on any atom is 0.259 e. The normalized spacial score (nSPS) is 12.3. The van der Waals surface area contributed by atoms with Crippen LogP contribution in [0.15, 0.2) is 33.5 Å². The molecule has 0 bridgehead atoms. The zero-order chi connectivity index (χ0) is 18.8. The number of aromatic nitrogens is 2. The SMILES string of the molecule is Cc1sc2nc(CSC(C)C(=O)Nc3cccc(Br)c3)[nH]c(=O)c2c1C. The molecule has 0 radical (unpaired) electrons. The van der Waals surface area contributed by atoms with Crippen molar-refractivity contribution in [1.29, 1.82) is 0 Å². The average molecular weight is 452 g/mol. The highest BCUT2D eigenvalue weighted by molar-refractivity contribution is 9.10. The van der Waals surface area contributed by atoms with E-state index in [2.05, 4.69) is 31.2 Å². The van der Waals surface area contributed by atoms with E-state index in [4.69, 9.17) is 0 Å². The fourth-order valence-corrected chi connectivity index (χ4v) is 4.66. The van der Waals surface area contributed by atoms with Gasteiger partial charge in [-0.1, -0.05) is 22.0 Å². The third kappa shape index (κ3) is 4.19. The standard InChI is InChI=1S/C18H18BrN3O2S2/c1-9-10(2)26-18-15(9)17(24)21-14(22-18)8-25-11(3)16(23)20-13-6-4-5-12(19)7-13/h4-7,11H,8H2,1-3H3,(H,20,23)(H,21,22,24). The third-order valence-corrected chi connectivity index (χ3v) is 6.77. The van der Waals surface area contributed by atoms with Crippen molar-refractivity contribution in [3.8, 4) is 0 Å². The number of rotatable bonds is 5. The predicted molar refractivity (Wildman–Crippen MR) is 113 cm³/mol. The lowest BCUT2D eigenvalue weighted by Crippen LogP contribution is -2.23. The first-order valence-electron chi connectivity index (χ1n) is 8.02. The van der Waals surface area contributed by atoms with Crippen molar-refractivity contribution in [2.24, 2.45) is 0 Å². The van der Waals surface area contributed by atoms with E-state index < -0.39 is 0 Å². The highest BCUT2D eigenvalue weighted by atomic mass is 79.9. The summed E-state index contributed by atoms with van der Waals surface area (Å²) in [7, 11) is 0. The van der Waals surface area contributed by atoms with E-state index in [-0.39, 0.29) is 16.7 Å². The summed E-state index contributed by atoms with van der Waals surface area (Å²) in [6, 6.07) is 7.46. The molecule has 2 aromatic heterocycles. The fourth-order valence-electron chi connectivity index (χ4n) is 2.46. The zero-order valence-electron chi connectivity index (χ0n) is 14.6. The van der Waals surface area contributed by atoms with Crippen molar-refractivity contribution in [1.82, 2.24) is 9.97 Å². The monoisotopic (exact) mass is 451 g/mol. The van der Waals surface area contributed by atoms with Crippen LogP contribution >= 0.6 is 39.0 Å². The van der Waals surface area contributed by atoms with E-state index in [0.29, 0.717) is 17.0 Å². The fraction of sp³-hybridized carbons (Fsp3) is 0.278. The molecular formula is C18H18BrN3O2S2. The molecule has 1 amide bonds.